The maximum absolute atomic E-state index is 8.51. The smallest absolute Gasteiger partial charge is 0.0794 e. The quantitative estimate of drug-likeness (QED) is 0.427. The fraction of sp³-hybridized carbons (Fsp3) is 0.200. The van der Waals surface area contributed by atoms with Gasteiger partial charge in [-0.1, -0.05) is 11.2 Å². The van der Waals surface area contributed by atoms with Crippen molar-refractivity contribution in [2.75, 3.05) is 0 Å². The summed E-state index contributed by atoms with van der Waals surface area (Å²) in [4.78, 5) is 3.98. The van der Waals surface area contributed by atoms with Crippen LogP contribution >= 0.6 is 0 Å². The van der Waals surface area contributed by atoms with Gasteiger partial charge in [0.05, 0.1) is 5.71 Å². The van der Waals surface area contributed by atoms with Crippen LogP contribution in [0.4, 0.5) is 0 Å². The third kappa shape index (κ3) is 2.71. The highest BCUT2D eigenvalue weighted by molar-refractivity contribution is 6.00. The Labute approximate surface area is 77.4 Å². The molecule has 0 amide bonds. The molecular weight excluding hydrogens is 164 g/mol. The first kappa shape index (κ1) is 9.45. The van der Waals surface area contributed by atoms with Gasteiger partial charge in [-0.3, -0.25) is 4.98 Å². The molecule has 0 aliphatic heterocycles. The Morgan fingerprint density at radius 2 is 2.31 bits per heavy atom. The molecule has 1 N–H and O–H groups in total. The number of hydrogen-bond acceptors (Lipinski definition) is 3. The number of aromatic nitrogens is 1. The van der Waals surface area contributed by atoms with Crippen LogP contribution < -0.4 is 0 Å². The lowest BCUT2D eigenvalue weighted by Gasteiger charge is -1.97. The van der Waals surface area contributed by atoms with Crippen molar-refractivity contribution in [3.05, 3.63) is 35.7 Å². The molecule has 0 saturated heterocycles. The lowest BCUT2D eigenvalue weighted by Crippen LogP contribution is -1.92. The molecule has 0 radical (unpaired) electrons. The van der Waals surface area contributed by atoms with Crippen LogP contribution in [0, 0.1) is 0 Å². The lowest BCUT2D eigenvalue weighted by atomic mass is 10.1. The first-order valence-corrected chi connectivity index (χ1v) is 4.01. The molecule has 1 heterocycles. The molecule has 3 heteroatoms. The Kier molecular flexibility index (Phi) is 3.20. The molecule has 3 nitrogen and oxygen atoms in total. The van der Waals surface area contributed by atoms with Crippen molar-refractivity contribution in [1.82, 2.24) is 4.98 Å². The molecule has 1 aromatic heterocycles. The number of oxime groups is 1. The fourth-order valence-corrected chi connectivity index (χ4v) is 0.895. The maximum Gasteiger partial charge on any atom is 0.0794 e. The molecule has 0 saturated carbocycles. The topological polar surface area (TPSA) is 45.5 Å². The zero-order chi connectivity index (χ0) is 9.68. The minimum Gasteiger partial charge on any atom is -0.411 e. The summed E-state index contributed by atoms with van der Waals surface area (Å²) in [5.41, 5.74) is 2.54. The van der Waals surface area contributed by atoms with E-state index in [0.29, 0.717) is 5.71 Å². The van der Waals surface area contributed by atoms with Gasteiger partial charge in [-0.2, -0.15) is 0 Å². The van der Waals surface area contributed by atoms with Crippen molar-refractivity contribution >= 4 is 11.8 Å². The SMILES string of the molecule is CC(=C\c1cccnc1)/C(C)=N/O. The second kappa shape index (κ2) is 4.40. The van der Waals surface area contributed by atoms with Crippen LogP contribution in [0.3, 0.4) is 0 Å². The first-order valence-electron chi connectivity index (χ1n) is 4.01. The summed E-state index contributed by atoms with van der Waals surface area (Å²) in [6.45, 7) is 3.64. The predicted molar refractivity (Wildman–Crippen MR) is 52.8 cm³/mol. The molecule has 1 aromatic rings. The Hall–Kier alpha value is -1.64. The average Bonchev–Trinajstić information content (AvgIpc) is 2.18. The molecule has 0 atom stereocenters. The highest BCUT2D eigenvalue weighted by Crippen LogP contribution is 2.05. The standard InChI is InChI=1S/C10H12N2O/c1-8(9(2)12-13)6-10-4-3-5-11-7-10/h3-7,13H,1-2H3/b8-6+,12-9+. The van der Waals surface area contributed by atoms with Crippen molar-refractivity contribution in [3.63, 3.8) is 0 Å². The number of pyridine rings is 1. The van der Waals surface area contributed by atoms with E-state index < -0.39 is 0 Å². The van der Waals surface area contributed by atoms with Gasteiger partial charge in [0, 0.05) is 12.4 Å². The van der Waals surface area contributed by atoms with E-state index in [9.17, 15) is 0 Å². The van der Waals surface area contributed by atoms with Crippen molar-refractivity contribution in [3.8, 4) is 0 Å². The van der Waals surface area contributed by atoms with Gasteiger partial charge in [-0.15, -0.1) is 0 Å². The van der Waals surface area contributed by atoms with Crippen LogP contribution in [-0.4, -0.2) is 15.9 Å². The van der Waals surface area contributed by atoms with Crippen molar-refractivity contribution in [2.45, 2.75) is 13.8 Å². The Bertz CT molecular complexity index is 328. The minimum absolute atomic E-state index is 0.615. The third-order valence-electron chi connectivity index (χ3n) is 1.79. The molecule has 1 rings (SSSR count). The van der Waals surface area contributed by atoms with Crippen LogP contribution in [0.15, 0.2) is 35.3 Å². The lowest BCUT2D eigenvalue weighted by molar-refractivity contribution is 0.319. The van der Waals surface area contributed by atoms with Crippen molar-refractivity contribution in [2.24, 2.45) is 5.16 Å². The summed E-state index contributed by atoms with van der Waals surface area (Å²) in [5, 5.41) is 11.6. The zero-order valence-electron chi connectivity index (χ0n) is 7.73. The van der Waals surface area contributed by atoms with E-state index in [2.05, 4.69) is 10.1 Å². The summed E-state index contributed by atoms with van der Waals surface area (Å²) in [7, 11) is 0. The van der Waals surface area contributed by atoms with Gasteiger partial charge in [0.25, 0.3) is 0 Å². The van der Waals surface area contributed by atoms with Gasteiger partial charge in [0.1, 0.15) is 0 Å². The molecular formula is C10H12N2O. The average molecular weight is 176 g/mol. The molecule has 0 aliphatic carbocycles. The van der Waals surface area contributed by atoms with Crippen LogP contribution in [0.5, 0.6) is 0 Å². The monoisotopic (exact) mass is 176 g/mol. The molecule has 0 spiro atoms. The number of nitrogens with zero attached hydrogens (tertiary/aromatic N) is 2. The van der Waals surface area contributed by atoms with Crippen LogP contribution in [-0.2, 0) is 0 Å². The summed E-state index contributed by atoms with van der Waals surface area (Å²) in [6.07, 6.45) is 5.40. The second-order valence-electron chi connectivity index (χ2n) is 2.80. The molecule has 0 fully saturated rings. The highest BCUT2D eigenvalue weighted by atomic mass is 16.4. The van der Waals surface area contributed by atoms with Gasteiger partial charge >= 0.3 is 0 Å². The van der Waals surface area contributed by atoms with Crippen molar-refractivity contribution in [1.29, 1.82) is 0 Å². The molecule has 13 heavy (non-hydrogen) atoms. The zero-order valence-corrected chi connectivity index (χ0v) is 7.73. The van der Waals surface area contributed by atoms with Gasteiger partial charge in [0.15, 0.2) is 0 Å². The molecule has 0 aliphatic rings. The third-order valence-corrected chi connectivity index (χ3v) is 1.79. The molecule has 0 bridgehead atoms. The number of hydrogen-bond donors (Lipinski definition) is 1. The summed E-state index contributed by atoms with van der Waals surface area (Å²) < 4.78 is 0. The first-order chi connectivity index (χ1) is 6.24. The summed E-state index contributed by atoms with van der Waals surface area (Å²) in [5.74, 6) is 0. The van der Waals surface area contributed by atoms with Gasteiger partial charge in [0.2, 0.25) is 0 Å². The summed E-state index contributed by atoms with van der Waals surface area (Å²) in [6, 6.07) is 3.81. The van der Waals surface area contributed by atoms with Crippen molar-refractivity contribution < 1.29 is 5.21 Å². The maximum atomic E-state index is 8.51. The largest absolute Gasteiger partial charge is 0.411 e. The van der Waals surface area contributed by atoms with E-state index in [-0.39, 0.29) is 0 Å². The number of allylic oxidation sites excluding steroid dienone is 1. The minimum atomic E-state index is 0.615. The van der Waals surface area contributed by atoms with E-state index in [1.165, 1.54) is 0 Å². The molecule has 0 unspecified atom stereocenters. The Morgan fingerprint density at radius 3 is 2.85 bits per heavy atom. The van der Waals surface area contributed by atoms with Gasteiger partial charge < -0.3 is 5.21 Å². The molecule has 68 valence electrons. The van der Waals surface area contributed by atoms with E-state index in [4.69, 9.17) is 5.21 Å². The van der Waals surface area contributed by atoms with E-state index in [1.54, 1.807) is 19.3 Å². The predicted octanol–water partition coefficient (Wildman–Crippen LogP) is 2.33. The number of rotatable bonds is 2. The van der Waals surface area contributed by atoms with Gasteiger partial charge in [-0.05, 0) is 37.1 Å². The van der Waals surface area contributed by atoms with Crippen LogP contribution in [0.25, 0.3) is 6.08 Å². The van der Waals surface area contributed by atoms with Crippen LogP contribution in [0.1, 0.15) is 19.4 Å². The second-order valence-corrected chi connectivity index (χ2v) is 2.80. The Balaban J connectivity index is 2.89. The fourth-order valence-electron chi connectivity index (χ4n) is 0.895. The van der Waals surface area contributed by atoms with E-state index >= 15 is 0 Å². The molecule has 0 aromatic carbocycles. The Morgan fingerprint density at radius 1 is 1.54 bits per heavy atom. The van der Waals surface area contributed by atoms with E-state index in [1.807, 2.05) is 25.1 Å². The van der Waals surface area contributed by atoms with Crippen LogP contribution in [0.2, 0.25) is 0 Å². The van der Waals surface area contributed by atoms with Gasteiger partial charge in [-0.25, -0.2) is 0 Å². The van der Waals surface area contributed by atoms with E-state index in [0.717, 1.165) is 11.1 Å². The normalized spacial score (nSPS) is 13.1. The highest BCUT2D eigenvalue weighted by Gasteiger charge is 1.94. The summed E-state index contributed by atoms with van der Waals surface area (Å²) >= 11 is 0.